The Bertz CT molecular complexity index is 1500. The summed E-state index contributed by atoms with van der Waals surface area (Å²) in [6, 6.07) is 9.21. The van der Waals surface area contributed by atoms with E-state index in [-0.39, 0.29) is 36.3 Å². The third kappa shape index (κ3) is 4.05. The second-order valence-electron chi connectivity index (χ2n) is 7.20. The predicted molar refractivity (Wildman–Crippen MR) is 118 cm³/mol. The normalized spacial score (nSPS) is 11.2. The average Bonchev–Trinajstić information content (AvgIpc) is 3.55. The van der Waals surface area contributed by atoms with Crippen molar-refractivity contribution in [3.63, 3.8) is 0 Å². The Morgan fingerprint density at radius 1 is 1.24 bits per heavy atom. The molecule has 1 N–H and O–H groups in total. The Morgan fingerprint density at radius 3 is 2.82 bits per heavy atom. The molecule has 5 aromatic rings. The zero-order chi connectivity index (χ0) is 22.9. The molecule has 0 fully saturated rings. The van der Waals surface area contributed by atoms with E-state index in [4.69, 9.17) is 8.94 Å². The molecule has 4 heterocycles. The number of carbonyl (C=O) groups is 1. The van der Waals surface area contributed by atoms with Gasteiger partial charge in [-0.1, -0.05) is 5.16 Å². The number of aryl methyl sites for hydroxylation is 1. The first-order valence-electron chi connectivity index (χ1n) is 9.87. The minimum Gasteiger partial charge on any atom is -0.467 e. The van der Waals surface area contributed by atoms with Crippen molar-refractivity contribution in [1.82, 2.24) is 25.0 Å². The molecular weight excluding hydrogens is 449 g/mol. The minimum absolute atomic E-state index is 0.178. The topological polar surface area (TPSA) is 116 Å². The Morgan fingerprint density at radius 2 is 2.06 bits per heavy atom. The highest BCUT2D eigenvalue weighted by Gasteiger charge is 2.21. The van der Waals surface area contributed by atoms with E-state index in [1.807, 2.05) is 0 Å². The number of nitrogens with zero attached hydrogens (tertiary/aromatic N) is 4. The maximum atomic E-state index is 13.2. The highest BCUT2D eigenvalue weighted by Crippen LogP contribution is 2.35. The number of aromatic nitrogens is 4. The summed E-state index contributed by atoms with van der Waals surface area (Å²) in [6.07, 6.45) is 2.86. The van der Waals surface area contributed by atoms with Crippen LogP contribution in [0.1, 0.15) is 11.3 Å². The van der Waals surface area contributed by atoms with Crippen molar-refractivity contribution >= 4 is 27.5 Å². The van der Waals surface area contributed by atoms with Gasteiger partial charge in [-0.25, -0.2) is 9.37 Å². The minimum atomic E-state index is -0.361. The number of halogens is 1. The first-order valence-corrected chi connectivity index (χ1v) is 10.7. The molecule has 0 unspecified atom stereocenters. The van der Waals surface area contributed by atoms with Crippen LogP contribution >= 0.6 is 11.3 Å². The van der Waals surface area contributed by atoms with Crippen LogP contribution in [0, 0.1) is 12.7 Å². The third-order valence-electron chi connectivity index (χ3n) is 4.99. The van der Waals surface area contributed by atoms with Gasteiger partial charge in [0.15, 0.2) is 0 Å². The molecule has 166 valence electrons. The molecule has 0 spiro atoms. The summed E-state index contributed by atoms with van der Waals surface area (Å²) in [5.74, 6) is 0.447. The van der Waals surface area contributed by atoms with Crippen LogP contribution in [0.25, 0.3) is 32.4 Å². The third-order valence-corrected chi connectivity index (χ3v) is 6.18. The molecule has 0 atom stereocenters. The van der Waals surface area contributed by atoms with Gasteiger partial charge in [-0.05, 0) is 48.9 Å². The van der Waals surface area contributed by atoms with Gasteiger partial charge in [0.1, 0.15) is 23.0 Å². The molecule has 1 amide bonds. The van der Waals surface area contributed by atoms with Crippen molar-refractivity contribution in [3.8, 4) is 22.2 Å². The van der Waals surface area contributed by atoms with Crippen LogP contribution in [0.3, 0.4) is 0 Å². The second-order valence-corrected chi connectivity index (χ2v) is 8.20. The summed E-state index contributed by atoms with van der Waals surface area (Å²) >= 11 is 1.24. The lowest BCUT2D eigenvalue weighted by molar-refractivity contribution is -0.122. The maximum Gasteiger partial charge on any atom is 0.268 e. The maximum absolute atomic E-state index is 13.2. The van der Waals surface area contributed by atoms with Crippen LogP contribution in [0.4, 0.5) is 4.39 Å². The Hall–Kier alpha value is -4.12. The number of thiophene rings is 1. The van der Waals surface area contributed by atoms with Crippen molar-refractivity contribution in [2.45, 2.75) is 20.0 Å². The zero-order valence-electron chi connectivity index (χ0n) is 17.2. The molecule has 11 heteroatoms. The van der Waals surface area contributed by atoms with Gasteiger partial charge in [-0.2, -0.15) is 4.98 Å². The molecule has 4 aromatic heterocycles. The molecule has 5 rings (SSSR count). The van der Waals surface area contributed by atoms with Crippen molar-refractivity contribution < 1.29 is 18.1 Å². The van der Waals surface area contributed by atoms with E-state index in [2.05, 4.69) is 20.4 Å². The number of fused-ring (bicyclic) bond motifs is 1. The lowest BCUT2D eigenvalue weighted by Gasteiger charge is -2.06. The number of nitrogens with one attached hydrogen (secondary N) is 1. The summed E-state index contributed by atoms with van der Waals surface area (Å²) in [5.41, 5.74) is 0.893. The highest BCUT2D eigenvalue weighted by molar-refractivity contribution is 7.22. The molecule has 33 heavy (non-hydrogen) atoms. The van der Waals surface area contributed by atoms with Crippen molar-refractivity contribution in [3.05, 3.63) is 76.5 Å². The Balaban J connectivity index is 1.41. The van der Waals surface area contributed by atoms with Crippen LogP contribution < -0.4 is 10.9 Å². The molecule has 0 saturated heterocycles. The number of hydrogen-bond acceptors (Lipinski definition) is 8. The summed E-state index contributed by atoms with van der Waals surface area (Å²) in [7, 11) is 0. The van der Waals surface area contributed by atoms with E-state index in [1.165, 1.54) is 40.6 Å². The number of hydrogen-bond donors (Lipinski definition) is 1. The van der Waals surface area contributed by atoms with Gasteiger partial charge in [0.05, 0.1) is 29.4 Å². The van der Waals surface area contributed by atoms with Crippen molar-refractivity contribution in [2.75, 3.05) is 0 Å². The number of carbonyl (C=O) groups excluding carboxylic acids is 1. The van der Waals surface area contributed by atoms with E-state index in [1.54, 1.807) is 31.2 Å². The Kier molecular flexibility index (Phi) is 5.31. The molecule has 1 aromatic carbocycles. The molecule has 9 nitrogen and oxygen atoms in total. The zero-order valence-corrected chi connectivity index (χ0v) is 18.1. The van der Waals surface area contributed by atoms with Crippen LogP contribution in [0.2, 0.25) is 0 Å². The standard InChI is InChI=1S/C22H16FN5O4S/c1-12-17-21(25-11-28(22(17)30)10-16(29)24-9-15-3-2-8-31-15)33-18(12)20-26-19(27-32-20)13-4-6-14(23)7-5-13/h2-8,11H,9-10H2,1H3,(H,24,29). The first-order chi connectivity index (χ1) is 16.0. The molecule has 0 aliphatic heterocycles. The fraction of sp³-hybridized carbons (Fsp3) is 0.136. The van der Waals surface area contributed by atoms with Gasteiger partial charge in [0, 0.05) is 5.56 Å². The monoisotopic (exact) mass is 465 g/mol. The van der Waals surface area contributed by atoms with Crippen LogP contribution in [0.5, 0.6) is 0 Å². The first kappa shape index (κ1) is 20.8. The van der Waals surface area contributed by atoms with E-state index < -0.39 is 0 Å². The van der Waals surface area contributed by atoms with Gasteiger partial charge in [-0.3, -0.25) is 14.2 Å². The average molecular weight is 465 g/mol. The lowest BCUT2D eigenvalue weighted by atomic mass is 10.2. The van der Waals surface area contributed by atoms with E-state index in [0.29, 0.717) is 37.8 Å². The number of furan rings is 1. The summed E-state index contributed by atoms with van der Waals surface area (Å²) in [6.45, 7) is 1.81. The molecule has 0 bridgehead atoms. The second kappa shape index (κ2) is 8.43. The van der Waals surface area contributed by atoms with Gasteiger partial charge in [-0.15, -0.1) is 11.3 Å². The van der Waals surface area contributed by atoms with E-state index >= 15 is 0 Å². The number of amides is 1. The molecular formula is C22H16FN5O4S. The summed E-state index contributed by atoms with van der Waals surface area (Å²) in [5, 5.41) is 7.05. The van der Waals surface area contributed by atoms with Crippen LogP contribution in [-0.2, 0) is 17.9 Å². The van der Waals surface area contributed by atoms with Gasteiger partial charge < -0.3 is 14.3 Å². The summed E-state index contributed by atoms with van der Waals surface area (Å²) < 4.78 is 25.0. The van der Waals surface area contributed by atoms with Gasteiger partial charge >= 0.3 is 0 Å². The number of rotatable bonds is 6. The molecule has 0 aliphatic rings. The fourth-order valence-corrected chi connectivity index (χ4v) is 4.38. The Labute approximate surface area is 189 Å². The summed E-state index contributed by atoms with van der Waals surface area (Å²) in [4.78, 5) is 35.2. The van der Waals surface area contributed by atoms with Gasteiger partial charge in [0.2, 0.25) is 11.7 Å². The molecule has 0 saturated carbocycles. The molecule has 0 aliphatic carbocycles. The predicted octanol–water partition coefficient (Wildman–Crippen LogP) is 3.53. The van der Waals surface area contributed by atoms with Crippen LogP contribution in [0.15, 0.2) is 62.7 Å². The van der Waals surface area contributed by atoms with Crippen molar-refractivity contribution in [2.24, 2.45) is 0 Å². The van der Waals surface area contributed by atoms with Crippen molar-refractivity contribution in [1.29, 1.82) is 0 Å². The van der Waals surface area contributed by atoms with Crippen LogP contribution in [-0.4, -0.2) is 25.6 Å². The number of benzene rings is 1. The smallest absolute Gasteiger partial charge is 0.268 e. The SMILES string of the molecule is Cc1c(-c2nc(-c3ccc(F)cc3)no2)sc2ncn(CC(=O)NCc3ccco3)c(=O)c12. The van der Waals surface area contributed by atoms with E-state index in [0.717, 1.165) is 0 Å². The highest BCUT2D eigenvalue weighted by atomic mass is 32.1. The lowest BCUT2D eigenvalue weighted by Crippen LogP contribution is -2.32. The fourth-order valence-electron chi connectivity index (χ4n) is 3.32. The largest absolute Gasteiger partial charge is 0.467 e. The quantitative estimate of drug-likeness (QED) is 0.408. The molecule has 0 radical (unpaired) electrons. The van der Waals surface area contributed by atoms with E-state index in [9.17, 15) is 14.0 Å². The van der Waals surface area contributed by atoms with Gasteiger partial charge in [0.25, 0.3) is 11.4 Å².